The monoisotopic (exact) mass is 351 g/mol. The minimum absolute atomic E-state index is 0.353. The molecule has 1 amide bonds. The molecular formula is C19H21N5O2. The molecule has 0 aliphatic carbocycles. The standard InChI is InChI=1S/C19H21N5O2/c1-23-9-11-24(12-10-23)14-7-5-13(6-8-14)18-21-15-3-2-4-16(17(15)22-18)26-19(20)25/h2-8H,9-12H2,1H3,(H2,20,25)(H,21,22). The van der Waals surface area contributed by atoms with Gasteiger partial charge in [0.15, 0.2) is 5.75 Å². The Bertz CT molecular complexity index is 927. The van der Waals surface area contributed by atoms with Gasteiger partial charge in [-0.15, -0.1) is 0 Å². The molecule has 134 valence electrons. The Hall–Kier alpha value is -3.06. The molecule has 0 bridgehead atoms. The van der Waals surface area contributed by atoms with Gasteiger partial charge >= 0.3 is 6.09 Å². The van der Waals surface area contributed by atoms with E-state index in [0.717, 1.165) is 43.1 Å². The van der Waals surface area contributed by atoms with Gasteiger partial charge in [0, 0.05) is 37.4 Å². The zero-order valence-corrected chi connectivity index (χ0v) is 14.6. The van der Waals surface area contributed by atoms with Gasteiger partial charge in [-0.05, 0) is 43.4 Å². The van der Waals surface area contributed by atoms with Crippen molar-refractivity contribution in [1.82, 2.24) is 14.9 Å². The van der Waals surface area contributed by atoms with Gasteiger partial charge in [-0.1, -0.05) is 6.07 Å². The van der Waals surface area contributed by atoms with Gasteiger partial charge in [0.1, 0.15) is 11.3 Å². The molecule has 1 fully saturated rings. The van der Waals surface area contributed by atoms with Crippen molar-refractivity contribution in [3.8, 4) is 17.1 Å². The molecule has 7 heteroatoms. The number of nitrogens with zero attached hydrogens (tertiary/aromatic N) is 3. The number of nitrogens with two attached hydrogens (primary N) is 1. The van der Waals surface area contributed by atoms with Crippen LogP contribution in [0.3, 0.4) is 0 Å². The number of carbonyl (C=O) groups is 1. The van der Waals surface area contributed by atoms with Crippen LogP contribution < -0.4 is 15.4 Å². The number of para-hydroxylation sites is 1. The lowest BCUT2D eigenvalue weighted by Crippen LogP contribution is -2.44. The van der Waals surface area contributed by atoms with Crippen LogP contribution in [0.5, 0.6) is 5.75 Å². The Morgan fingerprint density at radius 3 is 2.54 bits per heavy atom. The van der Waals surface area contributed by atoms with Crippen molar-refractivity contribution < 1.29 is 9.53 Å². The van der Waals surface area contributed by atoms with Crippen LogP contribution in [0.4, 0.5) is 10.5 Å². The van der Waals surface area contributed by atoms with Gasteiger partial charge < -0.3 is 25.3 Å². The maximum Gasteiger partial charge on any atom is 0.410 e. The van der Waals surface area contributed by atoms with E-state index in [9.17, 15) is 4.79 Å². The van der Waals surface area contributed by atoms with Crippen molar-refractivity contribution in [3.63, 3.8) is 0 Å². The molecule has 0 saturated carbocycles. The number of aromatic nitrogens is 2. The SMILES string of the molecule is CN1CCN(c2ccc(-c3nc4c(OC(N)=O)cccc4[nH]3)cc2)CC1. The zero-order valence-electron chi connectivity index (χ0n) is 14.6. The summed E-state index contributed by atoms with van der Waals surface area (Å²) in [6.07, 6.45) is -0.849. The number of nitrogens with one attached hydrogen (secondary N) is 1. The number of hydrogen-bond donors (Lipinski definition) is 2. The molecule has 4 rings (SSSR count). The highest BCUT2D eigenvalue weighted by atomic mass is 16.5. The van der Waals surface area contributed by atoms with Crippen molar-refractivity contribution in [1.29, 1.82) is 0 Å². The Morgan fingerprint density at radius 1 is 1.12 bits per heavy atom. The summed E-state index contributed by atoms with van der Waals surface area (Å²) in [5, 5.41) is 0. The first kappa shape index (κ1) is 16.4. The average Bonchev–Trinajstić information content (AvgIpc) is 3.07. The third kappa shape index (κ3) is 3.21. The second-order valence-electron chi connectivity index (χ2n) is 6.50. The number of benzene rings is 2. The third-order valence-corrected chi connectivity index (χ3v) is 4.70. The molecular weight excluding hydrogens is 330 g/mol. The summed E-state index contributed by atoms with van der Waals surface area (Å²) in [7, 11) is 2.15. The van der Waals surface area contributed by atoms with E-state index >= 15 is 0 Å². The number of hydrogen-bond acceptors (Lipinski definition) is 5. The number of fused-ring (bicyclic) bond motifs is 1. The molecule has 0 atom stereocenters. The number of piperazine rings is 1. The fourth-order valence-electron chi connectivity index (χ4n) is 3.23. The number of rotatable bonds is 3. The predicted octanol–water partition coefficient (Wildman–Crippen LogP) is 2.44. The highest BCUT2D eigenvalue weighted by Gasteiger charge is 2.15. The lowest BCUT2D eigenvalue weighted by atomic mass is 10.1. The lowest BCUT2D eigenvalue weighted by Gasteiger charge is -2.34. The van der Waals surface area contributed by atoms with Crippen molar-refractivity contribution in [3.05, 3.63) is 42.5 Å². The molecule has 7 nitrogen and oxygen atoms in total. The first-order valence-corrected chi connectivity index (χ1v) is 8.60. The zero-order chi connectivity index (χ0) is 18.1. The molecule has 3 N–H and O–H groups in total. The van der Waals surface area contributed by atoms with Gasteiger partial charge in [-0.3, -0.25) is 0 Å². The summed E-state index contributed by atoms with van der Waals surface area (Å²) in [6.45, 7) is 4.23. The van der Waals surface area contributed by atoms with Crippen molar-refractivity contribution >= 4 is 22.8 Å². The molecule has 3 aromatic rings. The Balaban J connectivity index is 1.60. The van der Waals surface area contributed by atoms with Crippen LogP contribution in [0, 0.1) is 0 Å². The van der Waals surface area contributed by atoms with Crippen molar-refractivity contribution in [2.24, 2.45) is 5.73 Å². The maximum atomic E-state index is 11.1. The van der Waals surface area contributed by atoms with Crippen LogP contribution in [0.15, 0.2) is 42.5 Å². The van der Waals surface area contributed by atoms with E-state index in [0.29, 0.717) is 11.3 Å². The number of likely N-dealkylation sites (N-methyl/N-ethyl adjacent to an activating group) is 1. The quantitative estimate of drug-likeness (QED) is 0.757. The van der Waals surface area contributed by atoms with Gasteiger partial charge in [0.05, 0.1) is 5.52 Å². The third-order valence-electron chi connectivity index (χ3n) is 4.70. The number of anilines is 1. The van der Waals surface area contributed by atoms with Crippen LogP contribution in [-0.2, 0) is 0 Å². The van der Waals surface area contributed by atoms with Gasteiger partial charge in [-0.25, -0.2) is 9.78 Å². The highest BCUT2D eigenvalue weighted by Crippen LogP contribution is 2.28. The van der Waals surface area contributed by atoms with E-state index in [1.54, 1.807) is 12.1 Å². The molecule has 0 unspecified atom stereocenters. The van der Waals surface area contributed by atoms with Gasteiger partial charge in [0.2, 0.25) is 0 Å². The maximum absolute atomic E-state index is 11.1. The minimum atomic E-state index is -0.849. The summed E-state index contributed by atoms with van der Waals surface area (Å²) >= 11 is 0. The summed E-state index contributed by atoms with van der Waals surface area (Å²) in [5.74, 6) is 1.08. The number of carbonyl (C=O) groups excluding carboxylic acids is 1. The van der Waals surface area contributed by atoms with Crippen LogP contribution in [-0.4, -0.2) is 54.2 Å². The fourth-order valence-corrected chi connectivity index (χ4v) is 3.23. The van der Waals surface area contributed by atoms with Crippen LogP contribution in [0.25, 0.3) is 22.4 Å². The lowest BCUT2D eigenvalue weighted by molar-refractivity contribution is 0.211. The normalized spacial score (nSPS) is 15.3. The number of ether oxygens (including phenoxy) is 1. The fraction of sp³-hybridized carbons (Fsp3) is 0.263. The van der Waals surface area contributed by atoms with Crippen molar-refractivity contribution in [2.45, 2.75) is 0 Å². The van der Waals surface area contributed by atoms with Crippen molar-refractivity contribution in [2.75, 3.05) is 38.1 Å². The molecule has 2 aromatic carbocycles. The van der Waals surface area contributed by atoms with E-state index in [1.165, 1.54) is 5.69 Å². The molecule has 0 spiro atoms. The van der Waals surface area contributed by atoms with E-state index in [4.69, 9.17) is 10.5 Å². The highest BCUT2D eigenvalue weighted by molar-refractivity contribution is 5.87. The number of amides is 1. The number of aromatic amines is 1. The van der Waals surface area contributed by atoms with Crippen LogP contribution >= 0.6 is 0 Å². The number of primary amides is 1. The average molecular weight is 351 g/mol. The first-order valence-electron chi connectivity index (χ1n) is 8.60. The topological polar surface area (TPSA) is 87.5 Å². The molecule has 0 radical (unpaired) electrons. The largest absolute Gasteiger partial charge is 0.410 e. The van der Waals surface area contributed by atoms with E-state index in [1.807, 2.05) is 6.07 Å². The van der Waals surface area contributed by atoms with Crippen LogP contribution in [0.1, 0.15) is 0 Å². The Morgan fingerprint density at radius 2 is 1.85 bits per heavy atom. The second kappa shape index (κ2) is 6.68. The van der Waals surface area contributed by atoms with E-state index in [-0.39, 0.29) is 0 Å². The van der Waals surface area contributed by atoms with Crippen LogP contribution in [0.2, 0.25) is 0 Å². The Labute approximate surface area is 151 Å². The molecule has 2 heterocycles. The van der Waals surface area contributed by atoms with E-state index < -0.39 is 6.09 Å². The van der Waals surface area contributed by atoms with Gasteiger partial charge in [-0.2, -0.15) is 0 Å². The van der Waals surface area contributed by atoms with E-state index in [2.05, 4.69) is 51.1 Å². The minimum Gasteiger partial charge on any atom is -0.408 e. The molecule has 1 saturated heterocycles. The summed E-state index contributed by atoms with van der Waals surface area (Å²) in [5.41, 5.74) is 8.70. The molecule has 26 heavy (non-hydrogen) atoms. The smallest absolute Gasteiger partial charge is 0.408 e. The first-order chi connectivity index (χ1) is 12.6. The molecule has 1 aromatic heterocycles. The number of H-pyrrole nitrogens is 1. The molecule has 1 aliphatic rings. The summed E-state index contributed by atoms with van der Waals surface area (Å²) < 4.78 is 5.03. The van der Waals surface area contributed by atoms with Gasteiger partial charge in [0.25, 0.3) is 0 Å². The summed E-state index contributed by atoms with van der Waals surface area (Å²) in [4.78, 5) is 23.6. The molecule has 1 aliphatic heterocycles. The summed E-state index contributed by atoms with van der Waals surface area (Å²) in [6, 6.07) is 13.7. The second-order valence-corrected chi connectivity index (χ2v) is 6.50. The number of imidazole rings is 1. The Kier molecular flexibility index (Phi) is 4.22. The predicted molar refractivity (Wildman–Crippen MR) is 101 cm³/mol.